The maximum atomic E-state index is 13.4. The number of nitrogens with one attached hydrogen (secondary N) is 2. The molecule has 0 spiro atoms. The molecule has 3 saturated heterocycles. The van der Waals surface area contributed by atoms with Crippen LogP contribution < -0.4 is 10.6 Å². The zero-order chi connectivity index (χ0) is 37.8. The standard InChI is InChI=1S/C40H58N6O6/c1-9-27(3)51-37(49)41-23-29-13-11-15-31(21-29)25-45-33(39(5,6)35(45)47)43-17-19-44(20-18-43)34-40(7,8)36(48)46(34)26-32-16-12-14-30(22-32)24-42-38(50)52-28(4)10-2/h11-16,21-22,27-28,33-34H,9-10,17-20,23-26H2,1-8H3,(H,41,49)(H,42,50). The lowest BCUT2D eigenvalue weighted by atomic mass is 9.76. The summed E-state index contributed by atoms with van der Waals surface area (Å²) in [6.07, 6.45) is 0.278. The van der Waals surface area contributed by atoms with Crippen molar-refractivity contribution in [2.24, 2.45) is 10.8 Å². The molecule has 3 fully saturated rings. The number of piperazine rings is 1. The van der Waals surface area contributed by atoms with Gasteiger partial charge in [-0.1, -0.05) is 62.4 Å². The number of nitrogens with zero attached hydrogens (tertiary/aromatic N) is 4. The molecular weight excluding hydrogens is 660 g/mol. The first-order valence-corrected chi connectivity index (χ1v) is 18.8. The van der Waals surface area contributed by atoms with Gasteiger partial charge >= 0.3 is 12.2 Å². The van der Waals surface area contributed by atoms with Gasteiger partial charge in [0.15, 0.2) is 0 Å². The number of carbonyl (C=O) groups is 4. The van der Waals surface area contributed by atoms with E-state index in [1.54, 1.807) is 0 Å². The van der Waals surface area contributed by atoms with Crippen molar-refractivity contribution in [3.8, 4) is 0 Å². The van der Waals surface area contributed by atoms with E-state index in [1.807, 2.05) is 114 Å². The van der Waals surface area contributed by atoms with E-state index >= 15 is 0 Å². The highest BCUT2D eigenvalue weighted by Crippen LogP contribution is 2.44. The summed E-state index contributed by atoms with van der Waals surface area (Å²) in [6, 6.07) is 16.0. The summed E-state index contributed by atoms with van der Waals surface area (Å²) in [5.41, 5.74) is 2.90. The zero-order valence-corrected chi connectivity index (χ0v) is 32.2. The Labute approximate surface area is 309 Å². The van der Waals surface area contributed by atoms with E-state index in [4.69, 9.17) is 9.47 Å². The molecule has 2 aromatic rings. The molecule has 4 unspecified atom stereocenters. The second kappa shape index (κ2) is 16.2. The molecule has 284 valence electrons. The molecule has 2 N–H and O–H groups in total. The Morgan fingerprint density at radius 1 is 0.673 bits per heavy atom. The van der Waals surface area contributed by atoms with Crippen LogP contribution >= 0.6 is 0 Å². The van der Waals surface area contributed by atoms with Crippen molar-refractivity contribution >= 4 is 24.0 Å². The Kier molecular flexibility index (Phi) is 12.2. The molecular formula is C40H58N6O6. The van der Waals surface area contributed by atoms with Crippen LogP contribution in [0.1, 0.15) is 90.5 Å². The van der Waals surface area contributed by atoms with Gasteiger partial charge in [-0.2, -0.15) is 0 Å². The number of amides is 4. The number of carbonyl (C=O) groups excluding carboxylic acids is 4. The van der Waals surface area contributed by atoms with Crippen molar-refractivity contribution in [3.05, 3.63) is 70.8 Å². The Hall–Kier alpha value is -4.16. The van der Waals surface area contributed by atoms with Crippen molar-refractivity contribution in [1.29, 1.82) is 0 Å². The third-order valence-electron chi connectivity index (χ3n) is 10.9. The van der Waals surface area contributed by atoms with Crippen molar-refractivity contribution < 1.29 is 28.7 Å². The average molecular weight is 719 g/mol. The molecule has 12 heteroatoms. The van der Waals surface area contributed by atoms with Gasteiger partial charge in [0.1, 0.15) is 12.2 Å². The third kappa shape index (κ3) is 8.55. The molecule has 0 aromatic heterocycles. The molecule has 3 aliphatic heterocycles. The molecule has 3 aliphatic rings. The zero-order valence-electron chi connectivity index (χ0n) is 32.2. The lowest BCUT2D eigenvalue weighted by molar-refractivity contribution is -0.203. The van der Waals surface area contributed by atoms with E-state index in [1.165, 1.54) is 0 Å². The molecule has 4 amide bonds. The topological polar surface area (TPSA) is 124 Å². The largest absolute Gasteiger partial charge is 0.447 e. The minimum atomic E-state index is -0.510. The predicted octanol–water partition coefficient (Wildman–Crippen LogP) is 5.44. The maximum Gasteiger partial charge on any atom is 0.407 e. The molecule has 0 saturated carbocycles. The Morgan fingerprint density at radius 3 is 1.37 bits per heavy atom. The number of ether oxygens (including phenoxy) is 2. The summed E-state index contributed by atoms with van der Waals surface area (Å²) in [4.78, 5) is 59.9. The van der Waals surface area contributed by atoms with E-state index in [-0.39, 0.29) is 36.4 Å². The van der Waals surface area contributed by atoms with Crippen LogP contribution in [0.2, 0.25) is 0 Å². The molecule has 52 heavy (non-hydrogen) atoms. The second-order valence-corrected chi connectivity index (χ2v) is 15.7. The number of alkyl carbamates (subject to hydrolysis) is 2. The number of hydrogen-bond acceptors (Lipinski definition) is 8. The van der Waals surface area contributed by atoms with Crippen molar-refractivity contribution in [2.45, 2.75) is 119 Å². The van der Waals surface area contributed by atoms with Crippen LogP contribution in [0.15, 0.2) is 48.5 Å². The van der Waals surface area contributed by atoms with Gasteiger partial charge in [-0.15, -0.1) is 0 Å². The van der Waals surface area contributed by atoms with E-state index in [9.17, 15) is 19.2 Å². The van der Waals surface area contributed by atoms with Gasteiger partial charge in [-0.25, -0.2) is 9.59 Å². The molecule has 2 aromatic carbocycles. The van der Waals surface area contributed by atoms with Gasteiger partial charge < -0.3 is 29.9 Å². The summed E-state index contributed by atoms with van der Waals surface area (Å²) in [5, 5.41) is 5.65. The maximum absolute atomic E-state index is 13.4. The summed E-state index contributed by atoms with van der Waals surface area (Å²) < 4.78 is 10.7. The SMILES string of the molecule is CCC(C)OC(=O)NCc1cccc(CN2C(=O)C(C)(C)C2N2CCN(C3N(Cc4cccc(CNC(=O)OC(C)CC)c4)C(=O)C3(C)C)CC2)c1. The summed E-state index contributed by atoms with van der Waals surface area (Å²) in [6.45, 7) is 20.6. The minimum absolute atomic E-state index is 0.0413. The summed E-state index contributed by atoms with van der Waals surface area (Å²) in [7, 11) is 0. The summed E-state index contributed by atoms with van der Waals surface area (Å²) >= 11 is 0. The molecule has 3 heterocycles. The highest BCUT2D eigenvalue weighted by Gasteiger charge is 2.59. The smallest absolute Gasteiger partial charge is 0.407 e. The monoisotopic (exact) mass is 718 g/mol. The number of benzene rings is 2. The first-order valence-electron chi connectivity index (χ1n) is 18.8. The normalized spacial score (nSPS) is 22.5. The number of rotatable bonds is 14. The van der Waals surface area contributed by atoms with Gasteiger partial charge in [0.05, 0.1) is 23.2 Å². The van der Waals surface area contributed by atoms with Gasteiger partial charge in [0.2, 0.25) is 11.8 Å². The average Bonchev–Trinajstić information content (AvgIpc) is 3.13. The molecule has 5 rings (SSSR count). The molecule has 0 bridgehead atoms. The van der Waals surface area contributed by atoms with Crippen LogP contribution in [0.5, 0.6) is 0 Å². The minimum Gasteiger partial charge on any atom is -0.447 e. The quantitative estimate of drug-likeness (QED) is 0.248. The fourth-order valence-electron chi connectivity index (χ4n) is 7.71. The van der Waals surface area contributed by atoms with Crippen LogP contribution in [0.25, 0.3) is 0 Å². The van der Waals surface area contributed by atoms with Gasteiger partial charge in [0, 0.05) is 52.4 Å². The molecule has 4 atom stereocenters. The fraction of sp³-hybridized carbons (Fsp3) is 0.600. The van der Waals surface area contributed by atoms with Crippen molar-refractivity contribution in [1.82, 2.24) is 30.2 Å². The first-order chi connectivity index (χ1) is 24.6. The van der Waals surface area contributed by atoms with Crippen LogP contribution in [0, 0.1) is 10.8 Å². The highest BCUT2D eigenvalue weighted by molar-refractivity contribution is 5.90. The fourth-order valence-corrected chi connectivity index (χ4v) is 7.71. The number of hydrogen-bond donors (Lipinski definition) is 2. The molecule has 0 aliphatic carbocycles. The third-order valence-corrected chi connectivity index (χ3v) is 10.9. The number of likely N-dealkylation sites (tertiary alicyclic amines) is 2. The van der Waals surface area contributed by atoms with Gasteiger partial charge in [-0.05, 0) is 76.6 Å². The lowest BCUT2D eigenvalue weighted by Gasteiger charge is -2.61. The summed E-state index contributed by atoms with van der Waals surface area (Å²) in [5.74, 6) is 0.254. The predicted molar refractivity (Wildman–Crippen MR) is 198 cm³/mol. The van der Waals surface area contributed by atoms with Crippen LogP contribution in [-0.2, 0) is 45.2 Å². The Bertz CT molecular complexity index is 1490. The Morgan fingerprint density at radius 2 is 1.02 bits per heavy atom. The van der Waals surface area contributed by atoms with Crippen LogP contribution in [-0.4, -0.2) is 94.3 Å². The van der Waals surface area contributed by atoms with Crippen LogP contribution in [0.3, 0.4) is 0 Å². The Balaban J connectivity index is 1.18. The van der Waals surface area contributed by atoms with E-state index in [0.717, 1.165) is 61.3 Å². The highest BCUT2D eigenvalue weighted by atomic mass is 16.6. The van der Waals surface area contributed by atoms with Gasteiger partial charge in [-0.3, -0.25) is 19.4 Å². The van der Waals surface area contributed by atoms with Gasteiger partial charge in [0.25, 0.3) is 0 Å². The lowest BCUT2D eigenvalue weighted by Crippen LogP contribution is -2.76. The van der Waals surface area contributed by atoms with E-state index in [2.05, 4.69) is 20.4 Å². The van der Waals surface area contributed by atoms with E-state index < -0.39 is 23.0 Å². The van der Waals surface area contributed by atoms with E-state index in [0.29, 0.717) is 26.2 Å². The number of β-lactam (4-membered cyclic amide) rings is 2. The molecule has 0 radical (unpaired) electrons. The second-order valence-electron chi connectivity index (χ2n) is 15.7. The van der Waals surface area contributed by atoms with Crippen molar-refractivity contribution in [3.63, 3.8) is 0 Å². The van der Waals surface area contributed by atoms with Crippen molar-refractivity contribution in [2.75, 3.05) is 26.2 Å². The molecule has 12 nitrogen and oxygen atoms in total. The first kappa shape index (κ1) is 39.1. The van der Waals surface area contributed by atoms with Crippen LogP contribution in [0.4, 0.5) is 9.59 Å².